The van der Waals surface area contributed by atoms with Crippen LogP contribution in [0, 0.1) is 92.4 Å². The number of rotatable bonds is 15. The zero-order valence-electron chi connectivity index (χ0n) is 48.6. The molecule has 3 heterocycles. The molecule has 0 N–H and O–H groups in total. The predicted octanol–water partition coefficient (Wildman–Crippen LogP) is 13.6. The maximum absolute atomic E-state index is 14.2. The summed E-state index contributed by atoms with van der Waals surface area (Å²) >= 11 is 0. The van der Waals surface area contributed by atoms with Gasteiger partial charge in [0.05, 0.1) is 54.6 Å². The maximum atomic E-state index is 14.2. The van der Waals surface area contributed by atoms with Crippen LogP contribution in [-0.2, 0) is 47.2 Å². The van der Waals surface area contributed by atoms with Crippen LogP contribution in [0.15, 0.2) is 11.6 Å². The third kappa shape index (κ3) is 9.12. The van der Waals surface area contributed by atoms with Gasteiger partial charge in [-0.3, -0.25) is 4.79 Å². The molecule has 0 aromatic rings. The fourth-order valence-corrected chi connectivity index (χ4v) is 20.7. The van der Waals surface area contributed by atoms with Gasteiger partial charge in [0.1, 0.15) is 18.2 Å². The minimum Gasteiger partial charge on any atom is -0.408 e. The van der Waals surface area contributed by atoms with E-state index in [1.54, 1.807) is 0 Å². The van der Waals surface area contributed by atoms with Gasteiger partial charge in [0, 0.05) is 18.9 Å². The third-order valence-electron chi connectivity index (χ3n) is 23.8. The highest BCUT2D eigenvalue weighted by Crippen LogP contribution is 2.76. The summed E-state index contributed by atoms with van der Waals surface area (Å²) in [5.74, 6) is 2.24. The summed E-state index contributed by atoms with van der Waals surface area (Å²) in [6.07, 6.45) is 9.10. The number of ketones is 1. The van der Waals surface area contributed by atoms with Crippen LogP contribution in [0.2, 0.25) is 18.1 Å². The molecule has 0 amide bonds. The molecule has 8 unspecified atom stereocenters. The van der Waals surface area contributed by atoms with Crippen molar-refractivity contribution in [2.75, 3.05) is 13.7 Å². The van der Waals surface area contributed by atoms with Crippen molar-refractivity contribution in [1.29, 1.82) is 0 Å². The van der Waals surface area contributed by atoms with Gasteiger partial charge in [0.15, 0.2) is 27.2 Å². The Morgan fingerprint density at radius 3 is 2.06 bits per heavy atom. The Balaban J connectivity index is 1.12. The van der Waals surface area contributed by atoms with Crippen molar-refractivity contribution >= 4 is 20.4 Å². The van der Waals surface area contributed by atoms with E-state index >= 15 is 0 Å². The topological polar surface area (TPSA) is 108 Å². The van der Waals surface area contributed by atoms with Crippen molar-refractivity contribution in [2.45, 2.75) is 256 Å². The molecule has 1 radical (unpaired) electrons. The molecule has 3 saturated heterocycles. The van der Waals surface area contributed by atoms with Crippen molar-refractivity contribution in [3.8, 4) is 0 Å². The Hall–Kier alpha value is -1.02. The highest BCUT2D eigenvalue weighted by molar-refractivity contribution is 6.73. The number of carbonyl (C=O) groups excluding carboxylic acids is 2. The lowest BCUT2D eigenvalue weighted by atomic mass is 9.33. The average molecular weight is 1020 g/mol. The Morgan fingerprint density at radius 1 is 0.750 bits per heavy atom. The number of methoxy groups -OCH3 is 1. The molecule has 5 aliphatic carbocycles. The van der Waals surface area contributed by atoms with Crippen LogP contribution in [0.1, 0.15) is 182 Å². The predicted molar refractivity (Wildman–Crippen MR) is 286 cm³/mol. The van der Waals surface area contributed by atoms with Crippen LogP contribution in [-0.4, -0.2) is 89.6 Å². The summed E-state index contributed by atoms with van der Waals surface area (Å²) in [6.45, 7) is 41.5. The van der Waals surface area contributed by atoms with E-state index in [0.29, 0.717) is 36.6 Å². The minimum absolute atomic E-state index is 0.00147. The second kappa shape index (κ2) is 21.0. The van der Waals surface area contributed by atoms with Gasteiger partial charge in [-0.05, 0) is 152 Å². The van der Waals surface area contributed by atoms with Crippen LogP contribution in [0.3, 0.4) is 0 Å². The molecule has 0 bridgehead atoms. The molecule has 10 nitrogen and oxygen atoms in total. The quantitative estimate of drug-likeness (QED) is 0.0681. The molecule has 11 heteroatoms. The van der Waals surface area contributed by atoms with E-state index < -0.39 is 56.3 Å². The first-order valence-electron chi connectivity index (χ1n) is 29.4. The van der Waals surface area contributed by atoms with E-state index in [9.17, 15) is 9.59 Å². The molecule has 4 saturated carbocycles. The maximum Gasteiger partial charge on any atom is 0.192 e. The molecule has 7 fully saturated rings. The van der Waals surface area contributed by atoms with Crippen molar-refractivity contribution < 1.29 is 47.2 Å². The summed E-state index contributed by atoms with van der Waals surface area (Å²) in [5, 5.41) is 0. The fraction of sp³-hybridized carbons (Fsp3) is 0.918. The van der Waals surface area contributed by atoms with E-state index in [0.717, 1.165) is 75.9 Å². The number of aldehydes is 1. The summed E-state index contributed by atoms with van der Waals surface area (Å²) in [7, 11) is -0.259. The molecule has 0 aromatic carbocycles. The Kier molecular flexibility index (Phi) is 16.7. The number of hydrogen-bond donors (Lipinski definition) is 0. The lowest BCUT2D eigenvalue weighted by Crippen LogP contribution is -2.68. The number of carbonyl (C=O) groups is 2. The summed E-state index contributed by atoms with van der Waals surface area (Å²) in [6, 6.07) is 3.09. The van der Waals surface area contributed by atoms with Crippen LogP contribution in [0.25, 0.3) is 0 Å². The fourth-order valence-electron chi connectivity index (χ4n) is 17.8. The second-order valence-electron chi connectivity index (χ2n) is 27.5. The Labute approximate surface area is 439 Å². The van der Waals surface area contributed by atoms with E-state index in [1.165, 1.54) is 11.9 Å². The van der Waals surface area contributed by atoms with Crippen molar-refractivity contribution in [2.24, 2.45) is 85.8 Å². The lowest BCUT2D eigenvalue weighted by molar-refractivity contribution is -0.362. The zero-order valence-corrected chi connectivity index (χ0v) is 49.6. The first-order valence-corrected chi connectivity index (χ1v) is 32.0. The highest BCUT2D eigenvalue weighted by atomic mass is 28.4. The van der Waals surface area contributed by atoms with Crippen LogP contribution in [0.5, 0.6) is 0 Å². The van der Waals surface area contributed by atoms with Crippen LogP contribution >= 0.6 is 0 Å². The average Bonchev–Trinajstić information content (AvgIpc) is 3.34. The lowest BCUT2D eigenvalue weighted by Gasteiger charge is -2.72. The molecule has 8 aliphatic rings. The SMILES string of the molecule is CCC1O[C@@H](OC2[C@H](O[C@H]3CCC4(C)C5CC=C6C7CC(C)(C)CC[C@]7(C(C)=O)C(OC)C[C@@]6(C)[C@@]5(C)CC[C@H]4[C@@]3(C)C=O)O[CH][C@H](C)[C@@H]2O[C@@H]2OC[C@H](C)[C@H](C)C2C)C(O[Si](CC)(CC)CC)[C@@H](C)[C@H]1C. The van der Waals surface area contributed by atoms with Gasteiger partial charge >= 0.3 is 0 Å². The smallest absolute Gasteiger partial charge is 0.192 e. The number of ether oxygens (including phenoxy) is 7. The summed E-state index contributed by atoms with van der Waals surface area (Å²) in [5.41, 5.74) is 0.0671. The Bertz CT molecular complexity index is 1950. The summed E-state index contributed by atoms with van der Waals surface area (Å²) < 4.78 is 56.5. The molecule has 411 valence electrons. The second-order valence-corrected chi connectivity index (χ2v) is 32.2. The van der Waals surface area contributed by atoms with E-state index in [1.807, 2.05) is 20.6 Å². The monoisotopic (exact) mass is 1020 g/mol. The number of Topliss-reactive ketones (excluding diaryl/α,β-unsaturated/α-hetero) is 1. The van der Waals surface area contributed by atoms with Gasteiger partial charge in [-0.1, -0.05) is 122 Å². The number of fused-ring (bicyclic) bond motifs is 7. The molecule has 23 atom stereocenters. The van der Waals surface area contributed by atoms with E-state index in [4.69, 9.17) is 37.6 Å². The molecule has 72 heavy (non-hydrogen) atoms. The number of hydrogen-bond acceptors (Lipinski definition) is 10. The first-order chi connectivity index (χ1) is 33.8. The van der Waals surface area contributed by atoms with Crippen molar-refractivity contribution in [3.05, 3.63) is 18.3 Å². The number of allylic oxidation sites excluding steroid dienone is 2. The van der Waals surface area contributed by atoms with Gasteiger partial charge in [0.25, 0.3) is 0 Å². The van der Waals surface area contributed by atoms with Gasteiger partial charge in [-0.2, -0.15) is 0 Å². The van der Waals surface area contributed by atoms with Crippen LogP contribution < -0.4 is 0 Å². The largest absolute Gasteiger partial charge is 0.408 e. The molecule has 3 aliphatic heterocycles. The molecular weight excluding hydrogens is 921 g/mol. The normalized spacial score (nSPS) is 50.4. The van der Waals surface area contributed by atoms with Crippen LogP contribution in [0.4, 0.5) is 0 Å². The zero-order chi connectivity index (χ0) is 52.7. The van der Waals surface area contributed by atoms with Gasteiger partial charge in [-0.25, -0.2) is 0 Å². The minimum atomic E-state index is -2.11. The van der Waals surface area contributed by atoms with Crippen molar-refractivity contribution in [1.82, 2.24) is 0 Å². The highest BCUT2D eigenvalue weighted by Gasteiger charge is 2.72. The molecule has 0 spiro atoms. The molecular formula is C61H103O10Si. The third-order valence-corrected chi connectivity index (χ3v) is 28.5. The van der Waals surface area contributed by atoms with Crippen molar-refractivity contribution in [3.63, 3.8) is 0 Å². The van der Waals surface area contributed by atoms with Gasteiger partial charge in [-0.15, -0.1) is 0 Å². The van der Waals surface area contributed by atoms with E-state index in [2.05, 4.69) is 117 Å². The van der Waals surface area contributed by atoms with Gasteiger partial charge in [0.2, 0.25) is 0 Å². The summed E-state index contributed by atoms with van der Waals surface area (Å²) in [4.78, 5) is 28.3. The molecule has 0 aromatic heterocycles. The Morgan fingerprint density at radius 2 is 1.43 bits per heavy atom. The molecule has 8 rings (SSSR count). The first kappa shape index (κ1) is 57.2. The standard InChI is InChI=1S/C61H103O10Si/c1-19-45-39(8)40(9)51(71-72(20-2,21-3)22-4)55(67-45)70-52-50(69-53-41(10)38(7)36(5)33-65-53)37(6)34-66-54(52)68-48-26-27-57(14)46(58(48,15)35-62)25-28-59(16)47(57)24-23-43-44-31-56(12,13)29-30-61(44,42(11)63)49(64-18)32-60(43,59)17/h23,34-41,44-55H,19-22,24-33H2,1-18H3/t36-,37-,38-,39+,40-,41?,44?,45?,46+,47?,48-,49?,50-,51?,52?,53-,54-,55-,57?,58+,59-,60+,61+/m0/s1. The van der Waals surface area contributed by atoms with E-state index in [-0.39, 0.29) is 75.5 Å². The van der Waals surface area contributed by atoms with Gasteiger partial charge < -0.3 is 42.4 Å².